The van der Waals surface area contributed by atoms with Crippen LogP contribution in [0.5, 0.6) is 0 Å². The molecule has 0 bridgehead atoms. The van der Waals surface area contributed by atoms with Gasteiger partial charge < -0.3 is 0 Å². The molecule has 0 saturated carbocycles. The summed E-state index contributed by atoms with van der Waals surface area (Å²) >= 11 is 0. The highest BCUT2D eigenvalue weighted by molar-refractivity contribution is 6.18. The molecule has 4 aromatic rings. The van der Waals surface area contributed by atoms with E-state index in [0.29, 0.717) is 0 Å². The lowest BCUT2D eigenvalue weighted by molar-refractivity contribution is 0.668. The largest absolute Gasteiger partial charge is 0.0654 e. The van der Waals surface area contributed by atoms with E-state index in [9.17, 15) is 0 Å². The first-order valence-electron chi connectivity index (χ1n) is 12.2. The third kappa shape index (κ3) is 4.38. The number of rotatable bonds is 10. The van der Waals surface area contributed by atoms with Gasteiger partial charge in [0.25, 0.3) is 0 Å². The SMILES string of the molecule is CCCCCCc1cccc2c1ccc1c3cccc(CCCCCC)c3ccc21. The van der Waals surface area contributed by atoms with Gasteiger partial charge in [-0.1, -0.05) is 113 Å². The van der Waals surface area contributed by atoms with Gasteiger partial charge in [0.1, 0.15) is 0 Å². The number of hydrogen-bond acceptors (Lipinski definition) is 0. The van der Waals surface area contributed by atoms with Crippen LogP contribution in [-0.4, -0.2) is 0 Å². The zero-order chi connectivity index (χ0) is 20.8. The molecule has 0 radical (unpaired) electrons. The molecule has 30 heavy (non-hydrogen) atoms. The van der Waals surface area contributed by atoms with Gasteiger partial charge in [-0.15, -0.1) is 0 Å². The van der Waals surface area contributed by atoms with Crippen LogP contribution in [-0.2, 0) is 12.8 Å². The average molecular weight is 397 g/mol. The van der Waals surface area contributed by atoms with Crippen LogP contribution in [0.15, 0.2) is 60.7 Å². The van der Waals surface area contributed by atoms with E-state index in [-0.39, 0.29) is 0 Å². The molecule has 4 aromatic carbocycles. The van der Waals surface area contributed by atoms with Crippen LogP contribution in [0, 0.1) is 0 Å². The van der Waals surface area contributed by atoms with E-state index in [0.717, 1.165) is 0 Å². The predicted octanol–water partition coefficient (Wildman–Crippen LogP) is 9.39. The Morgan fingerprint density at radius 3 is 1.23 bits per heavy atom. The average Bonchev–Trinajstić information content (AvgIpc) is 2.79. The summed E-state index contributed by atoms with van der Waals surface area (Å²) in [5.74, 6) is 0. The number of unbranched alkanes of at least 4 members (excludes halogenated alkanes) is 6. The molecule has 0 heteroatoms. The molecule has 0 spiro atoms. The summed E-state index contributed by atoms with van der Waals surface area (Å²) in [5, 5.41) is 8.51. The van der Waals surface area contributed by atoms with E-state index in [1.54, 1.807) is 0 Å². The van der Waals surface area contributed by atoms with Crippen molar-refractivity contribution in [3.8, 4) is 0 Å². The second-order valence-corrected chi connectivity index (χ2v) is 8.87. The minimum absolute atomic E-state index is 1.19. The summed E-state index contributed by atoms with van der Waals surface area (Å²) in [5.41, 5.74) is 3.02. The molecular formula is C30H36. The summed E-state index contributed by atoms with van der Waals surface area (Å²) in [6.45, 7) is 4.57. The van der Waals surface area contributed by atoms with Crippen molar-refractivity contribution in [3.63, 3.8) is 0 Å². The van der Waals surface area contributed by atoms with E-state index in [4.69, 9.17) is 0 Å². The van der Waals surface area contributed by atoms with Crippen LogP contribution < -0.4 is 0 Å². The molecule has 0 aromatic heterocycles. The molecule has 0 aliphatic rings. The van der Waals surface area contributed by atoms with Gasteiger partial charge in [0.05, 0.1) is 0 Å². The van der Waals surface area contributed by atoms with Crippen LogP contribution in [0.25, 0.3) is 32.3 Å². The summed E-state index contributed by atoms with van der Waals surface area (Å²) in [6.07, 6.45) is 13.0. The molecule has 0 saturated heterocycles. The van der Waals surface area contributed by atoms with E-state index in [1.165, 1.54) is 108 Å². The number of benzene rings is 4. The Kier molecular flexibility index (Phi) is 7.05. The Bertz CT molecular complexity index is 1030. The summed E-state index contributed by atoms with van der Waals surface area (Å²) in [7, 11) is 0. The Balaban J connectivity index is 1.72. The van der Waals surface area contributed by atoms with Crippen LogP contribution in [0.1, 0.15) is 76.3 Å². The third-order valence-corrected chi connectivity index (χ3v) is 6.70. The Hall–Kier alpha value is -2.34. The van der Waals surface area contributed by atoms with Crippen molar-refractivity contribution in [2.45, 2.75) is 78.1 Å². The number of aryl methyl sites for hydroxylation is 2. The second kappa shape index (κ2) is 10.1. The van der Waals surface area contributed by atoms with Crippen LogP contribution in [0.3, 0.4) is 0 Å². The molecule has 4 rings (SSSR count). The van der Waals surface area contributed by atoms with Gasteiger partial charge in [-0.25, -0.2) is 0 Å². The van der Waals surface area contributed by atoms with E-state index in [2.05, 4.69) is 74.5 Å². The van der Waals surface area contributed by atoms with Crippen molar-refractivity contribution in [1.29, 1.82) is 0 Å². The van der Waals surface area contributed by atoms with Gasteiger partial charge in [0.15, 0.2) is 0 Å². The lowest BCUT2D eigenvalue weighted by Crippen LogP contribution is -1.91. The molecular weight excluding hydrogens is 360 g/mol. The predicted molar refractivity (Wildman–Crippen MR) is 135 cm³/mol. The lowest BCUT2D eigenvalue weighted by Gasteiger charge is -2.13. The molecule has 0 nitrogen and oxygen atoms in total. The van der Waals surface area contributed by atoms with Crippen molar-refractivity contribution >= 4 is 32.3 Å². The fourth-order valence-corrected chi connectivity index (χ4v) is 4.99. The van der Waals surface area contributed by atoms with Gasteiger partial charge >= 0.3 is 0 Å². The van der Waals surface area contributed by atoms with Gasteiger partial charge in [-0.05, 0) is 69.1 Å². The fraction of sp³-hybridized carbons (Fsp3) is 0.400. The molecule has 0 heterocycles. The topological polar surface area (TPSA) is 0 Å². The minimum Gasteiger partial charge on any atom is -0.0654 e. The van der Waals surface area contributed by atoms with Crippen molar-refractivity contribution in [2.24, 2.45) is 0 Å². The summed E-state index contributed by atoms with van der Waals surface area (Å²) < 4.78 is 0. The van der Waals surface area contributed by atoms with Gasteiger partial charge in [-0.2, -0.15) is 0 Å². The third-order valence-electron chi connectivity index (χ3n) is 6.70. The molecule has 156 valence electrons. The zero-order valence-corrected chi connectivity index (χ0v) is 18.8. The number of hydrogen-bond donors (Lipinski definition) is 0. The van der Waals surface area contributed by atoms with E-state index in [1.807, 2.05) is 0 Å². The molecule has 0 amide bonds. The summed E-state index contributed by atoms with van der Waals surface area (Å²) in [6, 6.07) is 23.3. The first-order valence-corrected chi connectivity index (χ1v) is 12.2. The fourth-order valence-electron chi connectivity index (χ4n) is 4.99. The van der Waals surface area contributed by atoms with Crippen LogP contribution in [0.4, 0.5) is 0 Å². The minimum atomic E-state index is 1.19. The smallest absolute Gasteiger partial charge is 0.00989 e. The molecule has 0 aliphatic carbocycles. The Morgan fingerprint density at radius 1 is 0.400 bits per heavy atom. The maximum atomic E-state index is 2.38. The highest BCUT2D eigenvalue weighted by atomic mass is 14.1. The lowest BCUT2D eigenvalue weighted by atomic mass is 9.91. The normalized spacial score (nSPS) is 11.7. The van der Waals surface area contributed by atoms with Gasteiger partial charge in [0.2, 0.25) is 0 Å². The maximum absolute atomic E-state index is 2.38. The highest BCUT2D eigenvalue weighted by Crippen LogP contribution is 2.34. The van der Waals surface area contributed by atoms with Crippen molar-refractivity contribution < 1.29 is 0 Å². The molecule has 0 atom stereocenters. The molecule has 0 N–H and O–H groups in total. The van der Waals surface area contributed by atoms with E-state index >= 15 is 0 Å². The molecule has 0 fully saturated rings. The van der Waals surface area contributed by atoms with Crippen LogP contribution >= 0.6 is 0 Å². The van der Waals surface area contributed by atoms with Gasteiger partial charge in [-0.3, -0.25) is 0 Å². The zero-order valence-electron chi connectivity index (χ0n) is 18.8. The maximum Gasteiger partial charge on any atom is -0.00989 e. The first-order chi connectivity index (χ1) is 14.8. The van der Waals surface area contributed by atoms with Crippen molar-refractivity contribution in [1.82, 2.24) is 0 Å². The van der Waals surface area contributed by atoms with Crippen molar-refractivity contribution in [2.75, 3.05) is 0 Å². The molecule has 0 aliphatic heterocycles. The number of fused-ring (bicyclic) bond motifs is 5. The Morgan fingerprint density at radius 2 is 0.800 bits per heavy atom. The van der Waals surface area contributed by atoms with Crippen molar-refractivity contribution in [3.05, 3.63) is 71.8 Å². The molecule has 0 unspecified atom stereocenters. The van der Waals surface area contributed by atoms with Crippen LogP contribution in [0.2, 0.25) is 0 Å². The highest BCUT2D eigenvalue weighted by Gasteiger charge is 2.09. The first kappa shape index (κ1) is 20.9. The van der Waals surface area contributed by atoms with Gasteiger partial charge in [0, 0.05) is 0 Å². The monoisotopic (exact) mass is 396 g/mol. The standard InChI is InChI=1S/C30H36/c1-3-5-7-9-13-23-15-11-17-27-25(23)19-21-30-28-18-12-16-24(14-10-8-6-4-2)26(28)20-22-29(27)30/h11-12,15-22H,3-10,13-14H2,1-2H3. The van der Waals surface area contributed by atoms with E-state index < -0.39 is 0 Å². The summed E-state index contributed by atoms with van der Waals surface area (Å²) in [4.78, 5) is 0. The second-order valence-electron chi connectivity index (χ2n) is 8.87. The Labute approximate surface area is 182 Å². The quantitative estimate of drug-likeness (QED) is 0.185.